The van der Waals surface area contributed by atoms with Gasteiger partial charge in [0, 0.05) is 35.4 Å². The molecule has 1 amide bonds. The molecule has 0 radical (unpaired) electrons. The number of anilines is 2. The second-order valence-corrected chi connectivity index (χ2v) is 7.89. The lowest BCUT2D eigenvalue weighted by Crippen LogP contribution is -2.45. The highest BCUT2D eigenvalue weighted by molar-refractivity contribution is 6.06. The van der Waals surface area contributed by atoms with Crippen molar-refractivity contribution in [1.29, 1.82) is 0 Å². The lowest BCUT2D eigenvalue weighted by atomic mass is 10.1. The summed E-state index contributed by atoms with van der Waals surface area (Å²) in [5.74, 6) is -0.130. The number of hydrogen-bond acceptors (Lipinski definition) is 3. The van der Waals surface area contributed by atoms with E-state index in [0.29, 0.717) is 5.69 Å². The number of aromatic amines is 1. The number of carbonyl (C=O) groups excluding carboxylic acids is 1. The molecule has 2 atom stereocenters. The van der Waals surface area contributed by atoms with E-state index in [1.165, 1.54) is 11.1 Å². The average molecular weight is 377 g/mol. The number of aromatic nitrogens is 1. The van der Waals surface area contributed by atoms with E-state index in [1.807, 2.05) is 18.2 Å². The third-order valence-corrected chi connectivity index (χ3v) is 5.24. The molecule has 1 aliphatic heterocycles. The molecule has 0 bridgehead atoms. The number of carbonyl (C=O) groups is 1. The number of morpholine rings is 1. The molecule has 2 aromatic carbocycles. The number of nitrogens with one attached hydrogen (secondary N) is 2. The molecule has 0 saturated carbocycles. The van der Waals surface area contributed by atoms with Gasteiger partial charge in [-0.1, -0.05) is 6.07 Å². The van der Waals surface area contributed by atoms with Gasteiger partial charge >= 0.3 is 0 Å². The molecule has 5 nitrogen and oxygen atoms in total. The molecule has 2 unspecified atom stereocenters. The number of hydrogen-bond donors (Lipinski definition) is 2. The van der Waals surface area contributed by atoms with Gasteiger partial charge in [-0.05, 0) is 75.2 Å². The molecule has 4 rings (SSSR count). The molecule has 1 aliphatic rings. The molecule has 1 saturated heterocycles. The van der Waals surface area contributed by atoms with Gasteiger partial charge in [-0.25, -0.2) is 0 Å². The fraction of sp³-hybridized carbons (Fsp3) is 0.348. The quantitative estimate of drug-likeness (QED) is 0.698. The van der Waals surface area contributed by atoms with Gasteiger partial charge in [0.05, 0.1) is 12.2 Å². The molecular formula is C23H27N3O2. The predicted molar refractivity (Wildman–Crippen MR) is 114 cm³/mol. The normalized spacial score (nSPS) is 19.8. The molecule has 28 heavy (non-hydrogen) atoms. The molecule has 1 fully saturated rings. The Morgan fingerprint density at radius 1 is 1.07 bits per heavy atom. The van der Waals surface area contributed by atoms with Crippen LogP contribution in [-0.2, 0) is 4.74 Å². The van der Waals surface area contributed by atoms with Gasteiger partial charge in [0.1, 0.15) is 5.69 Å². The summed E-state index contributed by atoms with van der Waals surface area (Å²) >= 11 is 0. The van der Waals surface area contributed by atoms with E-state index in [1.54, 1.807) is 0 Å². The van der Waals surface area contributed by atoms with Gasteiger partial charge in [0.15, 0.2) is 0 Å². The summed E-state index contributed by atoms with van der Waals surface area (Å²) in [5.41, 5.74) is 5.85. The van der Waals surface area contributed by atoms with Crippen molar-refractivity contribution in [3.63, 3.8) is 0 Å². The highest BCUT2D eigenvalue weighted by atomic mass is 16.5. The Hall–Kier alpha value is -2.79. The zero-order chi connectivity index (χ0) is 19.8. The minimum absolute atomic E-state index is 0.130. The first-order chi connectivity index (χ1) is 13.4. The van der Waals surface area contributed by atoms with Crippen molar-refractivity contribution in [2.75, 3.05) is 23.3 Å². The maximum absolute atomic E-state index is 12.7. The van der Waals surface area contributed by atoms with Gasteiger partial charge < -0.3 is 19.9 Å². The molecule has 2 heterocycles. The largest absolute Gasteiger partial charge is 0.372 e. The molecule has 0 spiro atoms. The first kappa shape index (κ1) is 18.6. The summed E-state index contributed by atoms with van der Waals surface area (Å²) in [6.07, 6.45) is 0.439. The minimum atomic E-state index is -0.130. The van der Waals surface area contributed by atoms with Gasteiger partial charge in [-0.2, -0.15) is 0 Å². The topological polar surface area (TPSA) is 57.4 Å². The Kier molecular flexibility index (Phi) is 4.85. The van der Waals surface area contributed by atoms with Crippen molar-refractivity contribution in [2.45, 2.75) is 39.9 Å². The molecule has 2 N–H and O–H groups in total. The Morgan fingerprint density at radius 3 is 2.43 bits per heavy atom. The van der Waals surface area contributed by atoms with Gasteiger partial charge in [-0.15, -0.1) is 0 Å². The van der Waals surface area contributed by atoms with Crippen molar-refractivity contribution < 1.29 is 9.53 Å². The SMILES string of the molecule is Cc1cc(C)c2cc(C(=O)Nc3ccc(N4CC(C)OC(C)C4)cc3)[nH]c2c1. The summed E-state index contributed by atoms with van der Waals surface area (Å²) in [7, 11) is 0. The van der Waals surface area contributed by atoms with Gasteiger partial charge in [0.2, 0.25) is 0 Å². The number of fused-ring (bicyclic) bond motifs is 1. The van der Waals surface area contributed by atoms with Crippen LogP contribution in [-0.4, -0.2) is 36.2 Å². The van der Waals surface area contributed by atoms with E-state index in [4.69, 9.17) is 4.74 Å². The van der Waals surface area contributed by atoms with Crippen LogP contribution in [0.1, 0.15) is 35.5 Å². The monoisotopic (exact) mass is 377 g/mol. The molecule has 3 aromatic rings. The summed E-state index contributed by atoms with van der Waals surface area (Å²) in [4.78, 5) is 18.2. The molecule has 0 aliphatic carbocycles. The maximum Gasteiger partial charge on any atom is 0.272 e. The van der Waals surface area contributed by atoms with Crippen molar-refractivity contribution in [1.82, 2.24) is 4.98 Å². The third kappa shape index (κ3) is 3.76. The number of rotatable bonds is 3. The van der Waals surface area contributed by atoms with Crippen LogP contribution in [0.2, 0.25) is 0 Å². The van der Waals surface area contributed by atoms with Crippen LogP contribution >= 0.6 is 0 Å². The van der Waals surface area contributed by atoms with Crippen molar-refractivity contribution in [3.8, 4) is 0 Å². The summed E-state index contributed by atoms with van der Waals surface area (Å²) in [6.45, 7) is 10.1. The Balaban J connectivity index is 1.48. The van der Waals surface area contributed by atoms with Crippen molar-refractivity contribution in [3.05, 3.63) is 59.3 Å². The average Bonchev–Trinajstić information content (AvgIpc) is 3.06. The lowest BCUT2D eigenvalue weighted by molar-refractivity contribution is -0.00521. The number of H-pyrrole nitrogens is 1. The highest BCUT2D eigenvalue weighted by Crippen LogP contribution is 2.24. The molecule has 146 valence electrons. The van der Waals surface area contributed by atoms with E-state index < -0.39 is 0 Å². The van der Waals surface area contributed by atoms with Gasteiger partial charge in [0.25, 0.3) is 5.91 Å². The highest BCUT2D eigenvalue weighted by Gasteiger charge is 2.22. The predicted octanol–water partition coefficient (Wildman–Crippen LogP) is 4.65. The van der Waals surface area contributed by atoms with Gasteiger partial charge in [-0.3, -0.25) is 4.79 Å². The van der Waals surface area contributed by atoms with Crippen molar-refractivity contribution >= 4 is 28.2 Å². The van der Waals surface area contributed by atoms with E-state index in [9.17, 15) is 4.79 Å². The van der Waals surface area contributed by atoms with E-state index in [2.05, 4.69) is 67.2 Å². The van der Waals surface area contributed by atoms with E-state index in [-0.39, 0.29) is 18.1 Å². The number of nitrogens with zero attached hydrogens (tertiary/aromatic N) is 1. The minimum Gasteiger partial charge on any atom is -0.372 e. The van der Waals surface area contributed by atoms with E-state index >= 15 is 0 Å². The van der Waals surface area contributed by atoms with Crippen LogP contribution in [0.5, 0.6) is 0 Å². The Labute approximate surface area is 165 Å². The van der Waals surface area contributed by atoms with Crippen LogP contribution in [0.4, 0.5) is 11.4 Å². The number of ether oxygens (including phenoxy) is 1. The second-order valence-electron chi connectivity index (χ2n) is 7.89. The van der Waals surface area contributed by atoms with Crippen LogP contribution < -0.4 is 10.2 Å². The fourth-order valence-electron chi connectivity index (χ4n) is 4.06. The van der Waals surface area contributed by atoms with E-state index in [0.717, 1.165) is 35.4 Å². The Bertz CT molecular complexity index is 997. The maximum atomic E-state index is 12.7. The lowest BCUT2D eigenvalue weighted by Gasteiger charge is -2.36. The smallest absolute Gasteiger partial charge is 0.272 e. The van der Waals surface area contributed by atoms with Crippen LogP contribution in [0.15, 0.2) is 42.5 Å². The molecular weight excluding hydrogens is 350 g/mol. The van der Waals surface area contributed by atoms with Crippen LogP contribution in [0.25, 0.3) is 10.9 Å². The number of aryl methyl sites for hydroxylation is 2. The zero-order valence-electron chi connectivity index (χ0n) is 16.9. The zero-order valence-corrected chi connectivity index (χ0v) is 16.9. The van der Waals surface area contributed by atoms with Crippen molar-refractivity contribution in [2.24, 2.45) is 0 Å². The second kappa shape index (κ2) is 7.32. The summed E-state index contributed by atoms with van der Waals surface area (Å²) < 4.78 is 5.80. The van der Waals surface area contributed by atoms with Crippen LogP contribution in [0.3, 0.4) is 0 Å². The standard InChI is InChI=1S/C23H27N3O2/c1-14-9-15(2)20-11-22(25-21(20)10-14)23(27)24-18-5-7-19(8-6-18)26-12-16(3)28-17(4)13-26/h5-11,16-17,25H,12-13H2,1-4H3,(H,24,27). The number of amides is 1. The molecule has 1 aromatic heterocycles. The summed E-state index contributed by atoms with van der Waals surface area (Å²) in [5, 5.41) is 4.07. The first-order valence-corrected chi connectivity index (χ1v) is 9.81. The first-order valence-electron chi connectivity index (χ1n) is 9.81. The Morgan fingerprint density at radius 2 is 1.75 bits per heavy atom. The third-order valence-electron chi connectivity index (χ3n) is 5.24. The molecule has 5 heteroatoms. The fourth-order valence-corrected chi connectivity index (χ4v) is 4.06. The number of benzene rings is 2. The summed E-state index contributed by atoms with van der Waals surface area (Å²) in [6, 6.07) is 14.1. The van der Waals surface area contributed by atoms with Crippen LogP contribution in [0, 0.1) is 13.8 Å².